The van der Waals surface area contributed by atoms with Crippen LogP contribution in [0.5, 0.6) is 0 Å². The van der Waals surface area contributed by atoms with E-state index in [1.165, 1.54) is 11.8 Å². The highest BCUT2D eigenvalue weighted by Crippen LogP contribution is 2.21. The van der Waals surface area contributed by atoms with Gasteiger partial charge >= 0.3 is 11.8 Å². The Kier molecular flexibility index (Phi) is 6.37. The average Bonchev–Trinajstić information content (AvgIpc) is 2.98. The molecule has 0 bridgehead atoms. The van der Waals surface area contributed by atoms with Crippen molar-refractivity contribution in [1.82, 2.24) is 9.99 Å². The molecule has 0 saturated carbocycles. The third-order valence-corrected chi connectivity index (χ3v) is 4.99. The summed E-state index contributed by atoms with van der Waals surface area (Å²) in [4.78, 5) is 24.2. The van der Waals surface area contributed by atoms with E-state index in [9.17, 15) is 9.59 Å². The standard InChI is InChI=1S/C23H23ClN4O2/c1-14-6-5-7-20(10-14)28-16(3)11-18(17(28)4)13-25-27-23(30)22(29)26-21-12-19(24)9-8-15(21)2/h5-13H,1-4H3,(H,26,29)(H,27,30)/b25-13-. The number of hydrazone groups is 1. The molecule has 2 amide bonds. The number of carbonyl (C=O) groups excluding carboxylic acids is 2. The van der Waals surface area contributed by atoms with Crippen LogP contribution in [0.4, 0.5) is 5.69 Å². The topological polar surface area (TPSA) is 75.5 Å². The lowest BCUT2D eigenvalue weighted by Crippen LogP contribution is -2.32. The lowest BCUT2D eigenvalue weighted by molar-refractivity contribution is -0.136. The highest BCUT2D eigenvalue weighted by molar-refractivity contribution is 6.40. The van der Waals surface area contributed by atoms with Crippen molar-refractivity contribution in [3.05, 3.63) is 81.6 Å². The monoisotopic (exact) mass is 422 g/mol. The number of nitrogens with zero attached hydrogens (tertiary/aromatic N) is 2. The second-order valence-corrected chi connectivity index (χ2v) is 7.55. The molecule has 0 aliphatic heterocycles. The first-order chi connectivity index (χ1) is 14.3. The molecular formula is C23H23ClN4O2. The average molecular weight is 423 g/mol. The Morgan fingerprint density at radius 1 is 1.00 bits per heavy atom. The van der Waals surface area contributed by atoms with Crippen LogP contribution in [0.25, 0.3) is 5.69 Å². The Morgan fingerprint density at radius 2 is 1.77 bits per heavy atom. The van der Waals surface area contributed by atoms with E-state index in [-0.39, 0.29) is 0 Å². The van der Waals surface area contributed by atoms with Gasteiger partial charge in [0.05, 0.1) is 6.21 Å². The van der Waals surface area contributed by atoms with Gasteiger partial charge in [-0.15, -0.1) is 0 Å². The van der Waals surface area contributed by atoms with Gasteiger partial charge in [-0.1, -0.05) is 29.8 Å². The molecule has 0 spiro atoms. The molecule has 2 aromatic carbocycles. The molecule has 1 heterocycles. The van der Waals surface area contributed by atoms with Gasteiger partial charge in [-0.25, -0.2) is 5.43 Å². The number of rotatable bonds is 4. The van der Waals surface area contributed by atoms with Gasteiger partial charge < -0.3 is 9.88 Å². The predicted molar refractivity (Wildman–Crippen MR) is 121 cm³/mol. The molecule has 1 aromatic heterocycles. The number of aryl methyl sites for hydroxylation is 3. The lowest BCUT2D eigenvalue weighted by atomic mass is 10.2. The van der Waals surface area contributed by atoms with Gasteiger partial charge in [0.2, 0.25) is 0 Å². The molecule has 154 valence electrons. The molecule has 0 radical (unpaired) electrons. The van der Waals surface area contributed by atoms with Crippen LogP contribution in [0, 0.1) is 27.7 Å². The van der Waals surface area contributed by atoms with Crippen molar-refractivity contribution >= 4 is 35.3 Å². The third-order valence-electron chi connectivity index (χ3n) is 4.75. The molecule has 0 unspecified atom stereocenters. The van der Waals surface area contributed by atoms with E-state index >= 15 is 0 Å². The fourth-order valence-corrected chi connectivity index (χ4v) is 3.37. The molecule has 3 rings (SSSR count). The fourth-order valence-electron chi connectivity index (χ4n) is 3.20. The molecular weight excluding hydrogens is 400 g/mol. The minimum atomic E-state index is -0.863. The van der Waals surface area contributed by atoms with Crippen LogP contribution in [0.2, 0.25) is 5.02 Å². The summed E-state index contributed by atoms with van der Waals surface area (Å²) in [5, 5.41) is 6.95. The SMILES string of the molecule is Cc1cccc(-n2c(C)cc(/C=N\NC(=O)C(=O)Nc3cc(Cl)ccc3C)c2C)c1. The van der Waals surface area contributed by atoms with Crippen molar-refractivity contribution in [3.8, 4) is 5.69 Å². The molecule has 0 aliphatic rings. The zero-order valence-electron chi connectivity index (χ0n) is 17.3. The summed E-state index contributed by atoms with van der Waals surface area (Å²) in [6.07, 6.45) is 1.53. The number of anilines is 1. The molecule has 0 atom stereocenters. The normalized spacial score (nSPS) is 11.0. The van der Waals surface area contributed by atoms with Crippen LogP contribution in [0.3, 0.4) is 0 Å². The number of hydrogen-bond donors (Lipinski definition) is 2. The van der Waals surface area contributed by atoms with Gasteiger partial charge in [-0.3, -0.25) is 9.59 Å². The molecule has 30 heavy (non-hydrogen) atoms. The lowest BCUT2D eigenvalue weighted by Gasteiger charge is -2.10. The zero-order valence-corrected chi connectivity index (χ0v) is 18.0. The van der Waals surface area contributed by atoms with Crippen LogP contribution >= 0.6 is 11.6 Å². The fraction of sp³-hybridized carbons (Fsp3) is 0.174. The van der Waals surface area contributed by atoms with Crippen molar-refractivity contribution in [2.24, 2.45) is 5.10 Å². The van der Waals surface area contributed by atoms with Crippen LogP contribution in [-0.2, 0) is 9.59 Å². The van der Waals surface area contributed by atoms with Gasteiger partial charge in [0.15, 0.2) is 0 Å². The number of carbonyl (C=O) groups is 2. The Hall–Kier alpha value is -3.38. The molecule has 7 heteroatoms. The van der Waals surface area contributed by atoms with E-state index < -0.39 is 11.8 Å². The minimum Gasteiger partial charge on any atom is -0.318 e. The summed E-state index contributed by atoms with van der Waals surface area (Å²) < 4.78 is 2.12. The van der Waals surface area contributed by atoms with Crippen LogP contribution in [0.1, 0.15) is 28.1 Å². The number of aromatic nitrogens is 1. The highest BCUT2D eigenvalue weighted by atomic mass is 35.5. The summed E-state index contributed by atoms with van der Waals surface area (Å²) in [5.74, 6) is -1.68. The first-order valence-corrected chi connectivity index (χ1v) is 9.80. The maximum Gasteiger partial charge on any atom is 0.329 e. The smallest absolute Gasteiger partial charge is 0.318 e. The Morgan fingerprint density at radius 3 is 2.50 bits per heavy atom. The molecule has 2 N–H and O–H groups in total. The minimum absolute atomic E-state index is 0.471. The molecule has 6 nitrogen and oxygen atoms in total. The number of hydrogen-bond acceptors (Lipinski definition) is 3. The second kappa shape index (κ2) is 8.97. The summed E-state index contributed by atoms with van der Waals surface area (Å²) in [5.41, 5.74) is 8.65. The summed E-state index contributed by atoms with van der Waals surface area (Å²) >= 11 is 5.94. The van der Waals surface area contributed by atoms with Gasteiger partial charge in [0, 0.05) is 33.3 Å². The van der Waals surface area contributed by atoms with Gasteiger partial charge in [0.25, 0.3) is 0 Å². The second-order valence-electron chi connectivity index (χ2n) is 7.11. The van der Waals surface area contributed by atoms with E-state index in [4.69, 9.17) is 11.6 Å². The number of halogens is 1. The molecule has 0 aliphatic carbocycles. The first kappa shape index (κ1) is 21.3. The van der Waals surface area contributed by atoms with Crippen molar-refractivity contribution in [2.45, 2.75) is 27.7 Å². The number of nitrogens with one attached hydrogen (secondary N) is 2. The largest absolute Gasteiger partial charge is 0.329 e. The van der Waals surface area contributed by atoms with E-state index in [2.05, 4.69) is 26.5 Å². The predicted octanol–water partition coefficient (Wildman–Crippen LogP) is 4.45. The van der Waals surface area contributed by atoms with E-state index in [0.29, 0.717) is 10.7 Å². The molecule has 0 saturated heterocycles. The van der Waals surface area contributed by atoms with Crippen molar-refractivity contribution in [2.75, 3.05) is 5.32 Å². The maximum absolute atomic E-state index is 12.1. The quantitative estimate of drug-likeness (QED) is 0.370. The van der Waals surface area contributed by atoms with Gasteiger partial charge in [-0.05, 0) is 69.2 Å². The summed E-state index contributed by atoms with van der Waals surface area (Å²) in [6, 6.07) is 15.2. The third kappa shape index (κ3) is 4.78. The van der Waals surface area contributed by atoms with Gasteiger partial charge in [0.1, 0.15) is 0 Å². The number of amides is 2. The van der Waals surface area contributed by atoms with Crippen molar-refractivity contribution < 1.29 is 9.59 Å². The van der Waals surface area contributed by atoms with Crippen LogP contribution in [-0.4, -0.2) is 22.6 Å². The Balaban J connectivity index is 1.69. The Labute approximate surface area is 180 Å². The maximum atomic E-state index is 12.1. The molecule has 0 fully saturated rings. The zero-order chi connectivity index (χ0) is 21.8. The summed E-state index contributed by atoms with van der Waals surface area (Å²) in [7, 11) is 0. The Bertz CT molecular complexity index is 1150. The van der Waals surface area contributed by atoms with Crippen molar-refractivity contribution in [1.29, 1.82) is 0 Å². The van der Waals surface area contributed by atoms with E-state index in [1.807, 2.05) is 52.0 Å². The van der Waals surface area contributed by atoms with E-state index in [1.54, 1.807) is 18.2 Å². The van der Waals surface area contributed by atoms with Gasteiger partial charge in [-0.2, -0.15) is 5.10 Å². The van der Waals surface area contributed by atoms with Crippen molar-refractivity contribution in [3.63, 3.8) is 0 Å². The van der Waals surface area contributed by atoms with Crippen LogP contribution < -0.4 is 10.7 Å². The number of benzene rings is 2. The first-order valence-electron chi connectivity index (χ1n) is 9.43. The molecule has 3 aromatic rings. The highest BCUT2D eigenvalue weighted by Gasteiger charge is 2.15. The summed E-state index contributed by atoms with van der Waals surface area (Å²) in [6.45, 7) is 7.84. The van der Waals surface area contributed by atoms with Crippen LogP contribution in [0.15, 0.2) is 53.6 Å². The van der Waals surface area contributed by atoms with E-state index in [0.717, 1.165) is 28.2 Å².